The fourth-order valence-corrected chi connectivity index (χ4v) is 1.20. The van der Waals surface area contributed by atoms with Crippen molar-refractivity contribution < 1.29 is 4.79 Å². The van der Waals surface area contributed by atoms with Crippen LogP contribution in [0.2, 0.25) is 0 Å². The van der Waals surface area contributed by atoms with Gasteiger partial charge in [0.05, 0.1) is 4.47 Å². The highest BCUT2D eigenvalue weighted by Crippen LogP contribution is 2.07. The molecule has 0 spiro atoms. The maximum absolute atomic E-state index is 10.8. The largest absolute Gasteiger partial charge is 0.364 e. The Labute approximate surface area is 93.3 Å². The lowest BCUT2D eigenvalue weighted by atomic mass is 10.4. The van der Waals surface area contributed by atoms with Crippen LogP contribution in [-0.2, 0) is 0 Å². The second-order valence-corrected chi connectivity index (χ2v) is 3.63. The van der Waals surface area contributed by atoms with Crippen molar-refractivity contribution in [3.8, 4) is 5.95 Å². The molecule has 2 aromatic heterocycles. The molecule has 2 N–H and O–H groups in total. The van der Waals surface area contributed by atoms with Crippen molar-refractivity contribution in [1.82, 2.24) is 19.7 Å². The predicted octanol–water partition coefficient (Wildman–Crippen LogP) is 0.524. The summed E-state index contributed by atoms with van der Waals surface area (Å²) in [6.07, 6.45) is 4.76. The smallest absolute Gasteiger partial charge is 0.269 e. The molecule has 0 atom stereocenters. The summed E-state index contributed by atoms with van der Waals surface area (Å²) in [5.41, 5.74) is 5.25. The predicted molar refractivity (Wildman–Crippen MR) is 55.4 cm³/mol. The number of primary amides is 1. The number of carbonyl (C=O) groups is 1. The van der Waals surface area contributed by atoms with Crippen LogP contribution in [0.5, 0.6) is 0 Å². The molecule has 0 radical (unpaired) electrons. The zero-order valence-corrected chi connectivity index (χ0v) is 9.05. The molecule has 1 amide bonds. The van der Waals surface area contributed by atoms with Crippen molar-refractivity contribution >= 4 is 21.8 Å². The minimum atomic E-state index is -0.578. The molecule has 76 valence electrons. The first-order valence-corrected chi connectivity index (χ1v) is 4.79. The van der Waals surface area contributed by atoms with Crippen LogP contribution in [0.15, 0.2) is 29.1 Å². The van der Waals surface area contributed by atoms with Gasteiger partial charge in [-0.25, -0.2) is 14.6 Å². The van der Waals surface area contributed by atoms with E-state index in [2.05, 4.69) is 31.0 Å². The van der Waals surface area contributed by atoms with Gasteiger partial charge in [0.2, 0.25) is 0 Å². The SMILES string of the molecule is NC(=O)c1ccn(-c2ncc(Br)cn2)n1. The lowest BCUT2D eigenvalue weighted by Gasteiger charge is -1.97. The number of aromatic nitrogens is 4. The summed E-state index contributed by atoms with van der Waals surface area (Å²) in [6.45, 7) is 0. The van der Waals surface area contributed by atoms with Gasteiger partial charge in [-0.2, -0.15) is 5.10 Å². The minimum Gasteiger partial charge on any atom is -0.364 e. The molecule has 2 aromatic rings. The molecule has 0 fully saturated rings. The Morgan fingerprint density at radius 3 is 2.60 bits per heavy atom. The third-order valence-corrected chi connectivity index (χ3v) is 2.06. The fourth-order valence-electron chi connectivity index (χ4n) is 0.991. The van der Waals surface area contributed by atoms with Gasteiger partial charge < -0.3 is 5.73 Å². The van der Waals surface area contributed by atoms with Crippen LogP contribution in [0, 0.1) is 0 Å². The Bertz CT molecular complexity index is 492. The number of nitrogens with two attached hydrogens (primary N) is 1. The molecule has 0 aliphatic rings. The van der Waals surface area contributed by atoms with E-state index in [1.165, 1.54) is 10.7 Å². The van der Waals surface area contributed by atoms with Crippen molar-refractivity contribution in [3.05, 3.63) is 34.8 Å². The van der Waals surface area contributed by atoms with Crippen LogP contribution >= 0.6 is 15.9 Å². The van der Waals surface area contributed by atoms with Gasteiger partial charge in [-0.05, 0) is 22.0 Å². The lowest BCUT2D eigenvalue weighted by Crippen LogP contribution is -2.12. The van der Waals surface area contributed by atoms with E-state index < -0.39 is 5.91 Å². The summed E-state index contributed by atoms with van der Waals surface area (Å²) >= 11 is 3.22. The summed E-state index contributed by atoms with van der Waals surface area (Å²) in [6, 6.07) is 1.51. The van der Waals surface area contributed by atoms with Crippen LogP contribution in [0.25, 0.3) is 5.95 Å². The van der Waals surface area contributed by atoms with Crippen LogP contribution in [0.4, 0.5) is 0 Å². The molecule has 0 aliphatic heterocycles. The van der Waals surface area contributed by atoms with E-state index in [-0.39, 0.29) is 5.69 Å². The molecule has 6 nitrogen and oxygen atoms in total. The molecule has 2 rings (SSSR count). The number of hydrogen-bond acceptors (Lipinski definition) is 4. The van der Waals surface area contributed by atoms with E-state index in [1.807, 2.05) is 0 Å². The van der Waals surface area contributed by atoms with Crippen LogP contribution in [0.1, 0.15) is 10.5 Å². The van der Waals surface area contributed by atoms with Gasteiger partial charge in [0.15, 0.2) is 0 Å². The Morgan fingerprint density at radius 2 is 2.07 bits per heavy atom. The zero-order chi connectivity index (χ0) is 10.8. The summed E-state index contributed by atoms with van der Waals surface area (Å²) in [4.78, 5) is 18.8. The van der Waals surface area contributed by atoms with Crippen molar-refractivity contribution in [2.45, 2.75) is 0 Å². The second-order valence-electron chi connectivity index (χ2n) is 2.71. The Hall–Kier alpha value is -1.76. The topological polar surface area (TPSA) is 86.7 Å². The molecule has 0 aromatic carbocycles. The van der Waals surface area contributed by atoms with Crippen molar-refractivity contribution in [2.75, 3.05) is 0 Å². The Kier molecular flexibility index (Phi) is 2.46. The molecule has 0 unspecified atom stereocenters. The molecule has 0 saturated heterocycles. The number of hydrogen-bond donors (Lipinski definition) is 1. The molecule has 0 saturated carbocycles. The highest BCUT2D eigenvalue weighted by molar-refractivity contribution is 9.10. The molecule has 7 heteroatoms. The van der Waals surface area contributed by atoms with Gasteiger partial charge in [0, 0.05) is 18.6 Å². The Balaban J connectivity index is 2.37. The van der Waals surface area contributed by atoms with Crippen molar-refractivity contribution in [1.29, 1.82) is 0 Å². The van der Waals surface area contributed by atoms with E-state index in [0.717, 1.165) is 4.47 Å². The maximum Gasteiger partial charge on any atom is 0.269 e. The molecule has 2 heterocycles. The highest BCUT2D eigenvalue weighted by Gasteiger charge is 2.06. The summed E-state index contributed by atoms with van der Waals surface area (Å²) < 4.78 is 2.15. The van der Waals surface area contributed by atoms with Crippen LogP contribution in [-0.4, -0.2) is 25.7 Å². The first kappa shape index (κ1) is 9.78. The first-order chi connectivity index (χ1) is 7.16. The number of halogens is 1. The van der Waals surface area contributed by atoms with Crippen LogP contribution in [0.3, 0.4) is 0 Å². The lowest BCUT2D eigenvalue weighted by molar-refractivity contribution is 0.0995. The van der Waals surface area contributed by atoms with E-state index in [4.69, 9.17) is 5.73 Å². The summed E-state index contributed by atoms with van der Waals surface area (Å²) in [5, 5.41) is 3.91. The summed E-state index contributed by atoms with van der Waals surface area (Å²) in [7, 11) is 0. The minimum absolute atomic E-state index is 0.182. The van der Waals surface area contributed by atoms with Gasteiger partial charge in [-0.3, -0.25) is 4.79 Å². The first-order valence-electron chi connectivity index (χ1n) is 4.00. The summed E-state index contributed by atoms with van der Waals surface area (Å²) in [5.74, 6) is -0.198. The molecule has 0 aliphatic carbocycles. The van der Waals surface area contributed by atoms with Crippen molar-refractivity contribution in [2.24, 2.45) is 5.73 Å². The number of amides is 1. The number of rotatable bonds is 2. The fraction of sp³-hybridized carbons (Fsp3) is 0. The van der Waals surface area contributed by atoms with Gasteiger partial charge >= 0.3 is 0 Å². The van der Waals surface area contributed by atoms with Gasteiger partial charge in [0.25, 0.3) is 11.9 Å². The van der Waals surface area contributed by atoms with E-state index in [0.29, 0.717) is 5.95 Å². The standard InChI is InChI=1S/C8H6BrN5O/c9-5-3-11-8(12-4-5)14-2-1-6(13-14)7(10)15/h1-4H,(H2,10,15). The van der Waals surface area contributed by atoms with Gasteiger partial charge in [-0.1, -0.05) is 0 Å². The maximum atomic E-state index is 10.8. The molecule has 0 bridgehead atoms. The average molecular weight is 268 g/mol. The van der Waals surface area contributed by atoms with Gasteiger partial charge in [0.1, 0.15) is 5.69 Å². The normalized spacial score (nSPS) is 10.2. The third-order valence-electron chi connectivity index (χ3n) is 1.65. The number of nitrogens with zero attached hydrogens (tertiary/aromatic N) is 4. The Morgan fingerprint density at radius 1 is 1.40 bits per heavy atom. The molecule has 15 heavy (non-hydrogen) atoms. The van der Waals surface area contributed by atoms with E-state index in [1.54, 1.807) is 18.6 Å². The zero-order valence-electron chi connectivity index (χ0n) is 7.46. The van der Waals surface area contributed by atoms with Crippen LogP contribution < -0.4 is 5.73 Å². The third kappa shape index (κ3) is 2.01. The second kappa shape index (κ2) is 3.77. The quantitative estimate of drug-likeness (QED) is 0.860. The van der Waals surface area contributed by atoms with E-state index in [9.17, 15) is 4.79 Å². The molecular weight excluding hydrogens is 262 g/mol. The number of carbonyl (C=O) groups excluding carboxylic acids is 1. The molecular formula is C8H6BrN5O. The average Bonchev–Trinajstić information content (AvgIpc) is 2.68. The van der Waals surface area contributed by atoms with Gasteiger partial charge in [-0.15, -0.1) is 0 Å². The van der Waals surface area contributed by atoms with Crippen molar-refractivity contribution in [3.63, 3.8) is 0 Å². The monoisotopic (exact) mass is 267 g/mol. The highest BCUT2D eigenvalue weighted by atomic mass is 79.9. The van der Waals surface area contributed by atoms with E-state index >= 15 is 0 Å².